The first-order chi connectivity index (χ1) is 10.2. The zero-order chi connectivity index (χ0) is 17.0. The average Bonchev–Trinajstić information content (AvgIpc) is 2.52. The van der Waals surface area contributed by atoms with Gasteiger partial charge in [-0.15, -0.1) is 0 Å². The van der Waals surface area contributed by atoms with Gasteiger partial charge in [0.1, 0.15) is 5.82 Å². The van der Waals surface area contributed by atoms with E-state index in [0.29, 0.717) is 12.8 Å². The van der Waals surface area contributed by atoms with E-state index in [-0.39, 0.29) is 12.1 Å². The molecule has 0 aromatic heterocycles. The van der Waals surface area contributed by atoms with Gasteiger partial charge in [-0.2, -0.15) is 0 Å². The van der Waals surface area contributed by atoms with Crippen molar-refractivity contribution >= 4 is 16.0 Å². The molecule has 8 heteroatoms. The fourth-order valence-corrected chi connectivity index (χ4v) is 3.16. The molecule has 0 atom stereocenters. The van der Waals surface area contributed by atoms with Gasteiger partial charge in [-0.1, -0.05) is 13.8 Å². The molecule has 0 amide bonds. The molecule has 3 N–H and O–H groups in total. The van der Waals surface area contributed by atoms with Crippen LogP contribution in [0, 0.1) is 5.82 Å². The van der Waals surface area contributed by atoms with E-state index in [2.05, 4.69) is 9.46 Å². The molecule has 0 saturated heterocycles. The van der Waals surface area contributed by atoms with E-state index in [1.165, 1.54) is 0 Å². The second-order valence-corrected chi connectivity index (χ2v) is 6.76. The lowest BCUT2D eigenvalue weighted by Crippen LogP contribution is -2.49. The number of sulfonamides is 1. The van der Waals surface area contributed by atoms with Gasteiger partial charge in [0.15, 0.2) is 0 Å². The summed E-state index contributed by atoms with van der Waals surface area (Å²) >= 11 is 0. The minimum Gasteiger partial charge on any atom is -0.465 e. The Labute approximate surface area is 129 Å². The van der Waals surface area contributed by atoms with Crippen LogP contribution in [0.2, 0.25) is 0 Å². The van der Waals surface area contributed by atoms with Crippen molar-refractivity contribution in [1.29, 1.82) is 0 Å². The fraction of sp³-hybridized carbons (Fsp3) is 0.500. The first-order valence-electron chi connectivity index (χ1n) is 6.85. The normalized spacial score (nSPS) is 12.2. The third-order valence-corrected chi connectivity index (χ3v) is 5.10. The van der Waals surface area contributed by atoms with Crippen LogP contribution in [0.25, 0.3) is 0 Å². The minimum atomic E-state index is -4.09. The van der Waals surface area contributed by atoms with Crippen molar-refractivity contribution in [2.24, 2.45) is 5.73 Å². The highest BCUT2D eigenvalue weighted by Gasteiger charge is 2.27. The van der Waals surface area contributed by atoms with Gasteiger partial charge in [0.25, 0.3) is 0 Å². The highest BCUT2D eigenvalue weighted by Crippen LogP contribution is 2.19. The number of ether oxygens (including phenoxy) is 1. The molecule has 1 aromatic rings. The van der Waals surface area contributed by atoms with E-state index in [4.69, 9.17) is 5.73 Å². The van der Waals surface area contributed by atoms with Gasteiger partial charge in [0.05, 0.1) is 17.6 Å². The Hall–Kier alpha value is -1.51. The van der Waals surface area contributed by atoms with Crippen molar-refractivity contribution in [3.63, 3.8) is 0 Å². The number of esters is 1. The maximum atomic E-state index is 13.4. The predicted octanol–water partition coefficient (Wildman–Crippen LogP) is 1.41. The number of carbonyl (C=O) groups is 1. The van der Waals surface area contributed by atoms with Crippen LogP contribution in [-0.2, 0) is 14.8 Å². The lowest BCUT2D eigenvalue weighted by Gasteiger charge is -2.26. The molecule has 0 saturated carbocycles. The third kappa shape index (κ3) is 4.25. The predicted molar refractivity (Wildman–Crippen MR) is 80.4 cm³/mol. The monoisotopic (exact) mass is 332 g/mol. The number of rotatable bonds is 7. The zero-order valence-electron chi connectivity index (χ0n) is 12.8. The largest absolute Gasteiger partial charge is 0.465 e. The number of benzene rings is 1. The van der Waals surface area contributed by atoms with Gasteiger partial charge >= 0.3 is 5.97 Å². The van der Waals surface area contributed by atoms with Gasteiger partial charge < -0.3 is 10.5 Å². The summed E-state index contributed by atoms with van der Waals surface area (Å²) in [5.41, 5.74) is 5.11. The van der Waals surface area contributed by atoms with Crippen LogP contribution in [0.3, 0.4) is 0 Å². The summed E-state index contributed by atoms with van der Waals surface area (Å²) in [6.07, 6.45) is 1.14. The summed E-state index contributed by atoms with van der Waals surface area (Å²) in [6, 6.07) is 2.85. The quantitative estimate of drug-likeness (QED) is 0.736. The lowest BCUT2D eigenvalue weighted by molar-refractivity contribution is 0.0596. The Morgan fingerprint density at radius 1 is 1.36 bits per heavy atom. The maximum absolute atomic E-state index is 13.4. The molecule has 0 spiro atoms. The summed E-state index contributed by atoms with van der Waals surface area (Å²) in [4.78, 5) is 11.2. The molecule has 0 bridgehead atoms. The molecule has 1 rings (SSSR count). The van der Waals surface area contributed by atoms with Gasteiger partial charge in [-0.25, -0.2) is 22.3 Å². The third-order valence-electron chi connectivity index (χ3n) is 3.66. The van der Waals surface area contributed by atoms with Crippen molar-refractivity contribution < 1.29 is 22.3 Å². The van der Waals surface area contributed by atoms with Crippen molar-refractivity contribution in [3.8, 4) is 0 Å². The zero-order valence-corrected chi connectivity index (χ0v) is 13.7. The first kappa shape index (κ1) is 18.5. The lowest BCUT2D eigenvalue weighted by atomic mass is 9.95. The summed E-state index contributed by atoms with van der Waals surface area (Å²) in [5.74, 6) is -1.62. The van der Waals surface area contributed by atoms with E-state index in [9.17, 15) is 17.6 Å². The Bertz CT molecular complexity index is 642. The summed E-state index contributed by atoms with van der Waals surface area (Å²) in [7, 11) is -2.97. The van der Waals surface area contributed by atoms with Crippen molar-refractivity contribution in [3.05, 3.63) is 29.6 Å². The number of nitrogens with one attached hydrogen (secondary N) is 1. The average molecular weight is 332 g/mol. The number of carbonyl (C=O) groups excluding carboxylic acids is 1. The van der Waals surface area contributed by atoms with Gasteiger partial charge in [0, 0.05) is 12.1 Å². The van der Waals surface area contributed by atoms with Crippen LogP contribution < -0.4 is 10.5 Å². The Kier molecular flexibility index (Phi) is 6.04. The standard InChI is InChI=1S/C14H21FN2O4S/c1-4-14(16,5-2)9-17-22(19,20)12-8-10(15)6-7-11(12)13(18)21-3/h6-8,17H,4-5,9,16H2,1-3H3. The molecule has 0 fully saturated rings. The Morgan fingerprint density at radius 2 is 1.95 bits per heavy atom. The number of nitrogens with two attached hydrogens (primary N) is 1. The van der Waals surface area contributed by atoms with Crippen LogP contribution in [0.1, 0.15) is 37.0 Å². The van der Waals surface area contributed by atoms with Crippen molar-refractivity contribution in [2.45, 2.75) is 37.1 Å². The molecule has 0 radical (unpaired) electrons. The fourth-order valence-electron chi connectivity index (χ4n) is 1.81. The Balaban J connectivity index is 3.17. The summed E-state index contributed by atoms with van der Waals surface area (Å²) < 4.78 is 45.0. The molecule has 1 aromatic carbocycles. The molecular weight excluding hydrogens is 311 g/mol. The molecule has 22 heavy (non-hydrogen) atoms. The second kappa shape index (κ2) is 7.17. The first-order valence-corrected chi connectivity index (χ1v) is 8.34. The highest BCUT2D eigenvalue weighted by molar-refractivity contribution is 7.89. The molecule has 0 aliphatic carbocycles. The van der Waals surface area contributed by atoms with E-state index < -0.39 is 32.2 Å². The molecule has 6 nitrogen and oxygen atoms in total. The van der Waals surface area contributed by atoms with Crippen LogP contribution in [0.4, 0.5) is 4.39 Å². The number of halogens is 1. The Morgan fingerprint density at radius 3 is 2.45 bits per heavy atom. The topological polar surface area (TPSA) is 98.5 Å². The smallest absolute Gasteiger partial charge is 0.339 e. The molecule has 0 aliphatic heterocycles. The highest BCUT2D eigenvalue weighted by atomic mass is 32.2. The SMILES string of the molecule is CCC(N)(CC)CNS(=O)(=O)c1cc(F)ccc1C(=O)OC. The molecule has 0 unspecified atom stereocenters. The summed E-state index contributed by atoms with van der Waals surface area (Å²) in [6.45, 7) is 3.68. The van der Waals surface area contributed by atoms with E-state index in [1.54, 1.807) is 0 Å². The van der Waals surface area contributed by atoms with Crippen molar-refractivity contribution in [1.82, 2.24) is 4.72 Å². The van der Waals surface area contributed by atoms with E-state index >= 15 is 0 Å². The minimum absolute atomic E-state index is 0.0144. The van der Waals surface area contributed by atoms with Gasteiger partial charge in [-0.05, 0) is 31.0 Å². The summed E-state index contributed by atoms with van der Waals surface area (Å²) in [5, 5.41) is 0. The second-order valence-electron chi connectivity index (χ2n) is 5.03. The van der Waals surface area contributed by atoms with Crippen LogP contribution in [0.15, 0.2) is 23.1 Å². The van der Waals surface area contributed by atoms with Crippen LogP contribution >= 0.6 is 0 Å². The van der Waals surface area contributed by atoms with Crippen LogP contribution in [0.5, 0.6) is 0 Å². The number of methoxy groups -OCH3 is 1. The van der Waals surface area contributed by atoms with Crippen LogP contribution in [-0.4, -0.2) is 33.6 Å². The van der Waals surface area contributed by atoms with E-state index in [1.807, 2.05) is 13.8 Å². The number of hydrogen-bond donors (Lipinski definition) is 2. The molecule has 0 heterocycles. The van der Waals surface area contributed by atoms with E-state index in [0.717, 1.165) is 25.3 Å². The van der Waals surface area contributed by atoms with Gasteiger partial charge in [0.2, 0.25) is 10.0 Å². The number of hydrogen-bond acceptors (Lipinski definition) is 5. The molecule has 0 aliphatic rings. The van der Waals surface area contributed by atoms with Crippen molar-refractivity contribution in [2.75, 3.05) is 13.7 Å². The van der Waals surface area contributed by atoms with Gasteiger partial charge in [-0.3, -0.25) is 0 Å². The molecule has 124 valence electrons. The molecular formula is C14H21FN2O4S. The maximum Gasteiger partial charge on any atom is 0.339 e.